The molecule has 17 heavy (non-hydrogen) atoms. The van der Waals surface area contributed by atoms with Gasteiger partial charge in [0.1, 0.15) is 0 Å². The van der Waals surface area contributed by atoms with Gasteiger partial charge in [-0.1, -0.05) is 6.07 Å². The Labute approximate surface area is 104 Å². The maximum Gasteiger partial charge on any atom is 0.416 e. The Bertz CT molecular complexity index is 363. The molecule has 96 valence electrons. The molecular formula is C12H16F3NS. The number of benzene rings is 1. The highest BCUT2D eigenvalue weighted by molar-refractivity contribution is 7.98. The summed E-state index contributed by atoms with van der Waals surface area (Å²) in [5, 5.41) is 3.05. The molecule has 0 aliphatic rings. The second-order valence-corrected chi connectivity index (χ2v) is 4.79. The van der Waals surface area contributed by atoms with Crippen LogP contribution in [0, 0.1) is 6.92 Å². The smallest absolute Gasteiger partial charge is 0.385 e. The zero-order valence-electron chi connectivity index (χ0n) is 9.90. The van der Waals surface area contributed by atoms with Crippen molar-refractivity contribution >= 4 is 17.4 Å². The van der Waals surface area contributed by atoms with E-state index in [1.54, 1.807) is 18.7 Å². The van der Waals surface area contributed by atoms with Gasteiger partial charge in [-0.05, 0) is 43.0 Å². The van der Waals surface area contributed by atoms with Crippen molar-refractivity contribution in [1.82, 2.24) is 0 Å². The van der Waals surface area contributed by atoms with Crippen molar-refractivity contribution in [1.29, 1.82) is 0 Å². The maximum absolute atomic E-state index is 12.5. The number of thioether (sulfide) groups is 1. The first kappa shape index (κ1) is 14.2. The van der Waals surface area contributed by atoms with Crippen molar-refractivity contribution in [2.24, 2.45) is 0 Å². The molecule has 1 nitrogen and oxygen atoms in total. The number of hydrogen-bond donors (Lipinski definition) is 1. The van der Waals surface area contributed by atoms with Gasteiger partial charge < -0.3 is 5.32 Å². The van der Waals surface area contributed by atoms with E-state index in [9.17, 15) is 13.2 Å². The lowest BCUT2D eigenvalue weighted by molar-refractivity contribution is -0.137. The number of anilines is 1. The van der Waals surface area contributed by atoms with Crippen LogP contribution in [0.3, 0.4) is 0 Å². The van der Waals surface area contributed by atoms with Crippen molar-refractivity contribution in [3.05, 3.63) is 29.3 Å². The van der Waals surface area contributed by atoms with Gasteiger partial charge in [0.15, 0.2) is 0 Å². The second kappa shape index (κ2) is 6.19. The van der Waals surface area contributed by atoms with Gasteiger partial charge >= 0.3 is 6.18 Å². The van der Waals surface area contributed by atoms with E-state index in [1.807, 2.05) is 6.26 Å². The summed E-state index contributed by atoms with van der Waals surface area (Å²) in [6, 6.07) is 3.79. The van der Waals surface area contributed by atoms with Gasteiger partial charge in [0.2, 0.25) is 0 Å². The third-order valence-electron chi connectivity index (χ3n) is 2.41. The van der Waals surface area contributed by atoms with Crippen LogP contribution in [0.15, 0.2) is 18.2 Å². The first-order chi connectivity index (χ1) is 7.95. The number of halogens is 3. The molecule has 0 spiro atoms. The minimum absolute atomic E-state index is 0.570. The van der Waals surface area contributed by atoms with Crippen LogP contribution >= 0.6 is 11.8 Å². The molecule has 0 aliphatic heterocycles. The number of rotatable bonds is 5. The molecule has 0 heterocycles. The number of aryl methyl sites for hydroxylation is 1. The van der Waals surface area contributed by atoms with E-state index in [4.69, 9.17) is 0 Å². The fraction of sp³-hybridized carbons (Fsp3) is 0.500. The third-order valence-corrected chi connectivity index (χ3v) is 3.10. The van der Waals surface area contributed by atoms with Crippen LogP contribution in [0.4, 0.5) is 18.9 Å². The number of hydrogen-bond acceptors (Lipinski definition) is 2. The van der Waals surface area contributed by atoms with Crippen LogP contribution < -0.4 is 5.32 Å². The van der Waals surface area contributed by atoms with Gasteiger partial charge in [-0.3, -0.25) is 0 Å². The topological polar surface area (TPSA) is 12.0 Å². The van der Waals surface area contributed by atoms with Gasteiger partial charge in [0.25, 0.3) is 0 Å². The predicted octanol–water partition coefficient (Wildman–Crippen LogP) is 4.18. The Morgan fingerprint density at radius 3 is 2.59 bits per heavy atom. The summed E-state index contributed by atoms with van der Waals surface area (Å²) in [6.07, 6.45) is -1.32. The molecule has 1 aromatic carbocycles. The van der Waals surface area contributed by atoms with Gasteiger partial charge in [-0.25, -0.2) is 0 Å². The van der Waals surface area contributed by atoms with Gasteiger partial charge in [-0.2, -0.15) is 24.9 Å². The summed E-state index contributed by atoms with van der Waals surface area (Å²) in [7, 11) is 0. The largest absolute Gasteiger partial charge is 0.416 e. The molecule has 0 atom stereocenters. The Kier molecular flexibility index (Phi) is 5.18. The minimum atomic E-state index is -4.27. The maximum atomic E-state index is 12.5. The predicted molar refractivity (Wildman–Crippen MR) is 67.7 cm³/mol. The molecule has 5 heteroatoms. The summed E-state index contributed by atoms with van der Waals surface area (Å²) in [5.41, 5.74) is 0.804. The van der Waals surface area contributed by atoms with Crippen LogP contribution in [0.1, 0.15) is 17.5 Å². The quantitative estimate of drug-likeness (QED) is 0.800. The van der Waals surface area contributed by atoms with E-state index in [0.717, 1.165) is 23.8 Å². The average molecular weight is 263 g/mol. The van der Waals surface area contributed by atoms with Crippen molar-refractivity contribution in [3.63, 3.8) is 0 Å². The van der Waals surface area contributed by atoms with Crippen molar-refractivity contribution in [2.75, 3.05) is 23.9 Å². The molecule has 0 unspecified atom stereocenters. The second-order valence-electron chi connectivity index (χ2n) is 3.80. The summed E-state index contributed by atoms with van der Waals surface area (Å²) >= 11 is 1.73. The van der Waals surface area contributed by atoms with Crippen LogP contribution in [0.25, 0.3) is 0 Å². The first-order valence-electron chi connectivity index (χ1n) is 5.36. The van der Waals surface area contributed by atoms with Crippen molar-refractivity contribution < 1.29 is 13.2 Å². The Balaban J connectivity index is 2.70. The third kappa shape index (κ3) is 4.50. The van der Waals surface area contributed by atoms with E-state index in [2.05, 4.69) is 5.32 Å². The zero-order valence-corrected chi connectivity index (χ0v) is 10.7. The highest BCUT2D eigenvalue weighted by atomic mass is 32.2. The van der Waals surface area contributed by atoms with Crippen LogP contribution in [0.2, 0.25) is 0 Å². The van der Waals surface area contributed by atoms with Crippen LogP contribution in [-0.2, 0) is 6.18 Å². The molecule has 1 rings (SSSR count). The molecular weight excluding hydrogens is 247 g/mol. The molecule has 0 aliphatic carbocycles. The average Bonchev–Trinajstić information content (AvgIpc) is 2.25. The van der Waals surface area contributed by atoms with Crippen molar-refractivity contribution in [2.45, 2.75) is 19.5 Å². The Morgan fingerprint density at radius 2 is 2.00 bits per heavy atom. The van der Waals surface area contributed by atoms with Gasteiger partial charge in [0, 0.05) is 12.2 Å². The standard InChI is InChI=1S/C12H16F3NS/c1-9-4-5-10(12(13,14)15)8-11(9)16-6-3-7-17-2/h4-5,8,16H,3,6-7H2,1-2H3. The van der Waals surface area contributed by atoms with Gasteiger partial charge in [-0.15, -0.1) is 0 Å². The fourth-order valence-electron chi connectivity index (χ4n) is 1.43. The lowest BCUT2D eigenvalue weighted by Gasteiger charge is -2.13. The highest BCUT2D eigenvalue weighted by Gasteiger charge is 2.30. The normalized spacial score (nSPS) is 11.6. The fourth-order valence-corrected chi connectivity index (χ4v) is 1.86. The van der Waals surface area contributed by atoms with E-state index in [1.165, 1.54) is 12.1 Å². The molecule has 0 saturated heterocycles. The number of nitrogens with one attached hydrogen (secondary N) is 1. The van der Waals surface area contributed by atoms with Crippen molar-refractivity contribution in [3.8, 4) is 0 Å². The summed E-state index contributed by atoms with van der Waals surface area (Å²) in [4.78, 5) is 0. The first-order valence-corrected chi connectivity index (χ1v) is 6.75. The monoisotopic (exact) mass is 263 g/mol. The van der Waals surface area contributed by atoms with Crippen LogP contribution in [0.5, 0.6) is 0 Å². The van der Waals surface area contributed by atoms with E-state index < -0.39 is 11.7 Å². The van der Waals surface area contributed by atoms with E-state index in [-0.39, 0.29) is 0 Å². The molecule has 0 saturated carbocycles. The van der Waals surface area contributed by atoms with E-state index in [0.29, 0.717) is 12.2 Å². The summed E-state index contributed by atoms with van der Waals surface area (Å²) < 4.78 is 37.5. The molecule has 0 aromatic heterocycles. The molecule has 1 N–H and O–H groups in total. The zero-order chi connectivity index (χ0) is 12.9. The minimum Gasteiger partial charge on any atom is -0.385 e. The van der Waals surface area contributed by atoms with Gasteiger partial charge in [0.05, 0.1) is 5.56 Å². The summed E-state index contributed by atoms with van der Waals surface area (Å²) in [6.45, 7) is 2.50. The Morgan fingerprint density at radius 1 is 1.29 bits per heavy atom. The SMILES string of the molecule is CSCCCNc1cc(C(F)(F)F)ccc1C. The van der Waals surface area contributed by atoms with E-state index >= 15 is 0 Å². The molecule has 1 aromatic rings. The molecule has 0 fully saturated rings. The lowest BCUT2D eigenvalue weighted by Crippen LogP contribution is -2.08. The lowest BCUT2D eigenvalue weighted by atomic mass is 10.1. The number of alkyl halides is 3. The summed E-state index contributed by atoms with van der Waals surface area (Å²) in [5.74, 6) is 1.00. The highest BCUT2D eigenvalue weighted by Crippen LogP contribution is 2.31. The molecule has 0 amide bonds. The molecule has 0 bridgehead atoms. The van der Waals surface area contributed by atoms with Crippen LogP contribution in [-0.4, -0.2) is 18.6 Å². The molecule has 0 radical (unpaired) electrons. The Hall–Kier alpha value is -0.840.